The molecule has 2 rings (SSSR count). The Labute approximate surface area is 106 Å². The smallest absolute Gasteiger partial charge is 0.303 e. The molecule has 0 saturated carbocycles. The summed E-state index contributed by atoms with van der Waals surface area (Å²) in [5, 5.41) is 3.82. The number of hydrogen-bond acceptors (Lipinski definition) is 4. The predicted octanol–water partition coefficient (Wildman–Crippen LogP) is 1.91. The highest BCUT2D eigenvalue weighted by molar-refractivity contribution is 6.21. The standard InChI is InChI=1S/C13H16N2O3/c1-8(2)10-7-11(9(3)6-12(10)16)14-18-13(17)15-4-5-15/h6-8H,4-5H2,1-3H3. The monoisotopic (exact) mass is 248 g/mol. The second-order valence-electron chi connectivity index (χ2n) is 4.77. The highest BCUT2D eigenvalue weighted by atomic mass is 16.7. The molecule has 1 heterocycles. The minimum Gasteiger partial charge on any atom is -0.303 e. The summed E-state index contributed by atoms with van der Waals surface area (Å²) in [5.41, 5.74) is 1.93. The molecular weight excluding hydrogens is 232 g/mol. The van der Waals surface area contributed by atoms with Crippen molar-refractivity contribution in [1.82, 2.24) is 4.90 Å². The van der Waals surface area contributed by atoms with Gasteiger partial charge in [-0.15, -0.1) is 0 Å². The van der Waals surface area contributed by atoms with Crippen LogP contribution in [0.4, 0.5) is 4.79 Å². The molecule has 0 aromatic rings. The number of allylic oxidation sites excluding steroid dienone is 4. The molecular formula is C13H16N2O3. The fraction of sp³-hybridized carbons (Fsp3) is 0.462. The SMILES string of the molecule is CC1=CC(=O)C(C(C)C)=CC1=NOC(=O)N1CC1. The second-order valence-corrected chi connectivity index (χ2v) is 4.77. The molecule has 5 nitrogen and oxygen atoms in total. The van der Waals surface area contributed by atoms with Crippen molar-refractivity contribution in [2.75, 3.05) is 13.1 Å². The van der Waals surface area contributed by atoms with Crippen LogP contribution in [0.5, 0.6) is 0 Å². The largest absolute Gasteiger partial charge is 0.436 e. The lowest BCUT2D eigenvalue weighted by molar-refractivity contribution is -0.111. The van der Waals surface area contributed by atoms with E-state index in [2.05, 4.69) is 5.16 Å². The van der Waals surface area contributed by atoms with Gasteiger partial charge in [0.1, 0.15) is 5.71 Å². The van der Waals surface area contributed by atoms with Crippen molar-refractivity contribution in [2.45, 2.75) is 20.8 Å². The summed E-state index contributed by atoms with van der Waals surface area (Å²) in [6.45, 7) is 7.11. The quantitative estimate of drug-likeness (QED) is 0.324. The highest BCUT2D eigenvalue weighted by Crippen LogP contribution is 2.19. The van der Waals surface area contributed by atoms with Gasteiger partial charge in [-0.1, -0.05) is 19.0 Å². The third-order valence-corrected chi connectivity index (χ3v) is 2.88. The van der Waals surface area contributed by atoms with Crippen LogP contribution in [0.25, 0.3) is 0 Å². The van der Waals surface area contributed by atoms with Gasteiger partial charge in [0, 0.05) is 18.7 Å². The Bertz CT molecular complexity index is 482. The molecule has 0 radical (unpaired) electrons. The van der Waals surface area contributed by atoms with E-state index in [1.165, 1.54) is 11.0 Å². The van der Waals surface area contributed by atoms with Crippen LogP contribution in [0.3, 0.4) is 0 Å². The number of carbonyl (C=O) groups excluding carboxylic acids is 2. The van der Waals surface area contributed by atoms with Gasteiger partial charge >= 0.3 is 6.09 Å². The molecule has 0 atom stereocenters. The Morgan fingerprint density at radius 1 is 1.39 bits per heavy atom. The zero-order chi connectivity index (χ0) is 13.3. The zero-order valence-electron chi connectivity index (χ0n) is 10.8. The van der Waals surface area contributed by atoms with E-state index in [4.69, 9.17) is 4.84 Å². The van der Waals surface area contributed by atoms with Gasteiger partial charge in [-0.3, -0.25) is 9.63 Å². The van der Waals surface area contributed by atoms with E-state index >= 15 is 0 Å². The fourth-order valence-electron chi connectivity index (χ4n) is 1.61. The summed E-state index contributed by atoms with van der Waals surface area (Å²) in [7, 11) is 0. The molecule has 0 unspecified atom stereocenters. The lowest BCUT2D eigenvalue weighted by Gasteiger charge is -2.14. The maximum atomic E-state index is 11.7. The third kappa shape index (κ3) is 2.67. The molecule has 0 N–H and O–H groups in total. The third-order valence-electron chi connectivity index (χ3n) is 2.88. The first-order valence-corrected chi connectivity index (χ1v) is 5.97. The molecule has 5 heteroatoms. The molecule has 0 spiro atoms. The summed E-state index contributed by atoms with van der Waals surface area (Å²) in [6.07, 6.45) is 2.78. The fourth-order valence-corrected chi connectivity index (χ4v) is 1.61. The Morgan fingerprint density at radius 2 is 2.06 bits per heavy atom. The topological polar surface area (TPSA) is 58.7 Å². The van der Waals surface area contributed by atoms with Crippen LogP contribution in [0, 0.1) is 5.92 Å². The molecule has 1 saturated heterocycles. The first kappa shape index (κ1) is 12.5. The van der Waals surface area contributed by atoms with Crippen molar-refractivity contribution < 1.29 is 14.4 Å². The normalized spacial score (nSPS) is 21.0. The van der Waals surface area contributed by atoms with Gasteiger partial charge in [-0.2, -0.15) is 0 Å². The molecule has 96 valence electrons. The Kier molecular flexibility index (Phi) is 3.32. The van der Waals surface area contributed by atoms with Crippen LogP contribution in [0.15, 0.2) is 28.5 Å². The number of rotatable bonds is 2. The van der Waals surface area contributed by atoms with Crippen LogP contribution in [0.2, 0.25) is 0 Å². The molecule has 1 aliphatic heterocycles. The van der Waals surface area contributed by atoms with Gasteiger partial charge in [0.15, 0.2) is 5.78 Å². The molecule has 1 fully saturated rings. The molecule has 2 aliphatic rings. The molecule has 0 aromatic carbocycles. The van der Waals surface area contributed by atoms with Crippen molar-refractivity contribution >= 4 is 17.6 Å². The van der Waals surface area contributed by atoms with Crippen molar-refractivity contribution in [3.8, 4) is 0 Å². The highest BCUT2D eigenvalue weighted by Gasteiger charge is 2.26. The summed E-state index contributed by atoms with van der Waals surface area (Å²) in [5.74, 6) is 0.119. The van der Waals surface area contributed by atoms with Crippen molar-refractivity contribution in [3.63, 3.8) is 0 Å². The van der Waals surface area contributed by atoms with Crippen molar-refractivity contribution in [1.29, 1.82) is 0 Å². The number of amides is 1. The molecule has 0 bridgehead atoms. The number of nitrogens with zero attached hydrogens (tertiary/aromatic N) is 2. The van der Waals surface area contributed by atoms with Crippen LogP contribution in [-0.4, -0.2) is 35.6 Å². The predicted molar refractivity (Wildman–Crippen MR) is 67.2 cm³/mol. The second kappa shape index (κ2) is 4.76. The first-order valence-electron chi connectivity index (χ1n) is 5.97. The van der Waals surface area contributed by atoms with Gasteiger partial charge in [-0.25, -0.2) is 4.79 Å². The zero-order valence-corrected chi connectivity index (χ0v) is 10.8. The van der Waals surface area contributed by atoms with Crippen molar-refractivity contribution in [2.24, 2.45) is 11.1 Å². The summed E-state index contributed by atoms with van der Waals surface area (Å²) >= 11 is 0. The van der Waals surface area contributed by atoms with E-state index in [1.807, 2.05) is 13.8 Å². The lowest BCUT2D eigenvalue weighted by Crippen LogP contribution is -2.17. The lowest BCUT2D eigenvalue weighted by atomic mass is 9.90. The molecule has 1 aliphatic carbocycles. The van der Waals surface area contributed by atoms with Crippen LogP contribution in [0.1, 0.15) is 20.8 Å². The minimum atomic E-state index is -0.438. The van der Waals surface area contributed by atoms with Gasteiger partial charge in [-0.05, 0) is 30.6 Å². The Hall–Kier alpha value is -1.91. The van der Waals surface area contributed by atoms with E-state index in [0.717, 1.165) is 13.1 Å². The van der Waals surface area contributed by atoms with Gasteiger partial charge < -0.3 is 4.90 Å². The summed E-state index contributed by atoms with van der Waals surface area (Å²) < 4.78 is 0. The minimum absolute atomic E-state index is 0.00119. The molecule has 1 amide bonds. The number of oxime groups is 1. The van der Waals surface area contributed by atoms with Gasteiger partial charge in [0.2, 0.25) is 0 Å². The van der Waals surface area contributed by atoms with Gasteiger partial charge in [0.25, 0.3) is 0 Å². The maximum absolute atomic E-state index is 11.7. The van der Waals surface area contributed by atoms with E-state index in [0.29, 0.717) is 16.9 Å². The van der Waals surface area contributed by atoms with E-state index in [-0.39, 0.29) is 11.7 Å². The summed E-state index contributed by atoms with van der Waals surface area (Å²) in [4.78, 5) is 29.4. The van der Waals surface area contributed by atoms with Gasteiger partial charge in [0.05, 0.1) is 0 Å². The number of hydrogen-bond donors (Lipinski definition) is 0. The molecule has 0 aromatic heterocycles. The van der Waals surface area contributed by atoms with Crippen molar-refractivity contribution in [3.05, 3.63) is 23.3 Å². The van der Waals surface area contributed by atoms with Crippen LogP contribution < -0.4 is 0 Å². The molecule has 18 heavy (non-hydrogen) atoms. The maximum Gasteiger partial charge on any atom is 0.436 e. The van der Waals surface area contributed by atoms with E-state index in [9.17, 15) is 9.59 Å². The van der Waals surface area contributed by atoms with Crippen LogP contribution in [-0.2, 0) is 9.63 Å². The van der Waals surface area contributed by atoms with Crippen LogP contribution >= 0.6 is 0 Å². The Balaban J connectivity index is 2.14. The van der Waals surface area contributed by atoms with E-state index in [1.54, 1.807) is 13.0 Å². The first-order chi connectivity index (χ1) is 8.49. The average molecular weight is 248 g/mol. The number of carbonyl (C=O) groups is 2. The average Bonchev–Trinajstić information content (AvgIpc) is 3.10. The van der Waals surface area contributed by atoms with E-state index < -0.39 is 6.09 Å². The Morgan fingerprint density at radius 3 is 2.61 bits per heavy atom. The summed E-state index contributed by atoms with van der Waals surface area (Å²) in [6, 6.07) is 0. The number of ketones is 1.